The predicted octanol–water partition coefficient (Wildman–Crippen LogP) is 3.77. The topological polar surface area (TPSA) is 76.6 Å². The Bertz CT molecular complexity index is 961. The number of hydrogen-bond acceptors (Lipinski definition) is 6. The molecule has 1 aromatic carbocycles. The van der Waals surface area contributed by atoms with Crippen molar-refractivity contribution in [3.05, 3.63) is 72.2 Å². The first kappa shape index (κ1) is 17.7. The lowest BCUT2D eigenvalue weighted by Crippen LogP contribution is -2.07. The Morgan fingerprint density at radius 3 is 2.96 bits per heavy atom. The Morgan fingerprint density at radius 2 is 2.19 bits per heavy atom. The summed E-state index contributed by atoms with van der Waals surface area (Å²) >= 11 is 1.30. The van der Waals surface area contributed by atoms with Crippen LogP contribution in [-0.4, -0.2) is 19.7 Å². The van der Waals surface area contributed by atoms with Crippen molar-refractivity contribution < 1.29 is 4.74 Å². The van der Waals surface area contributed by atoms with Gasteiger partial charge >= 0.3 is 0 Å². The molecule has 0 saturated heterocycles. The molecule has 0 N–H and O–H groups in total. The highest BCUT2D eigenvalue weighted by Gasteiger charge is 2.15. The average Bonchev–Trinajstić information content (AvgIpc) is 3.02. The van der Waals surface area contributed by atoms with Gasteiger partial charge in [0.2, 0.25) is 0 Å². The van der Waals surface area contributed by atoms with E-state index in [1.54, 1.807) is 24.4 Å². The van der Waals surface area contributed by atoms with Crippen LogP contribution in [0.2, 0.25) is 0 Å². The summed E-state index contributed by atoms with van der Waals surface area (Å²) in [5, 5.41) is 18.9. The number of nitrogens with zero attached hydrogens (tertiary/aromatic N) is 5. The fourth-order valence-electron chi connectivity index (χ4n) is 2.31. The molecule has 0 unspecified atom stereocenters. The van der Waals surface area contributed by atoms with Gasteiger partial charge in [0.15, 0.2) is 11.0 Å². The largest absolute Gasteiger partial charge is 0.486 e. The molecule has 3 aromatic rings. The van der Waals surface area contributed by atoms with Crippen LogP contribution in [0.25, 0.3) is 0 Å². The van der Waals surface area contributed by atoms with Crippen molar-refractivity contribution in [2.24, 2.45) is 0 Å². The first-order valence-corrected chi connectivity index (χ1v) is 8.78. The van der Waals surface area contributed by atoms with Crippen molar-refractivity contribution in [1.82, 2.24) is 19.7 Å². The highest BCUT2D eigenvalue weighted by Crippen LogP contribution is 2.27. The maximum atomic E-state index is 9.22. The number of nitriles is 1. The maximum Gasteiger partial charge on any atom is 0.197 e. The number of rotatable bonds is 7. The van der Waals surface area contributed by atoms with Crippen LogP contribution in [0, 0.1) is 18.3 Å². The van der Waals surface area contributed by atoms with E-state index in [-0.39, 0.29) is 6.61 Å². The van der Waals surface area contributed by atoms with Gasteiger partial charge < -0.3 is 4.74 Å². The van der Waals surface area contributed by atoms with E-state index >= 15 is 0 Å². The van der Waals surface area contributed by atoms with Crippen molar-refractivity contribution in [3.8, 4) is 11.8 Å². The van der Waals surface area contributed by atoms with Gasteiger partial charge in [-0.25, -0.2) is 4.98 Å². The molecule has 3 rings (SSSR count). The smallest absolute Gasteiger partial charge is 0.197 e. The lowest BCUT2D eigenvalue weighted by atomic mass is 10.2. The third-order valence-corrected chi connectivity index (χ3v) is 4.55. The molecule has 0 aliphatic rings. The van der Waals surface area contributed by atoms with E-state index in [0.717, 1.165) is 11.3 Å². The summed E-state index contributed by atoms with van der Waals surface area (Å²) in [7, 11) is 0. The molecule has 0 fully saturated rings. The molecule has 0 atom stereocenters. The summed E-state index contributed by atoms with van der Waals surface area (Å²) in [6.45, 7) is 6.64. The van der Waals surface area contributed by atoms with Gasteiger partial charge in [-0.2, -0.15) is 5.26 Å². The summed E-state index contributed by atoms with van der Waals surface area (Å²) in [4.78, 5) is 4.26. The van der Waals surface area contributed by atoms with Crippen LogP contribution in [0.3, 0.4) is 0 Å². The molecule has 0 saturated carbocycles. The van der Waals surface area contributed by atoms with E-state index in [0.29, 0.717) is 28.1 Å². The highest BCUT2D eigenvalue weighted by molar-refractivity contribution is 7.99. The molecule has 130 valence electrons. The summed E-state index contributed by atoms with van der Waals surface area (Å²) in [5.74, 6) is 1.46. The zero-order valence-electron chi connectivity index (χ0n) is 14.3. The Hall–Kier alpha value is -3.11. The standard InChI is InChI=1S/C19H17N5OS/c1-3-10-24-17(13-25-16-8-4-6-14(2)11-16)22-23-19(24)26-18-15(12-20)7-5-9-21-18/h3-9,11H,1,10,13H2,2H3. The van der Waals surface area contributed by atoms with Crippen LogP contribution >= 0.6 is 11.8 Å². The molecule has 6 nitrogen and oxygen atoms in total. The van der Waals surface area contributed by atoms with E-state index in [4.69, 9.17) is 4.74 Å². The van der Waals surface area contributed by atoms with Crippen molar-refractivity contribution in [1.29, 1.82) is 5.26 Å². The molecule has 0 spiro atoms. The van der Waals surface area contributed by atoms with Crippen molar-refractivity contribution in [2.75, 3.05) is 0 Å². The Labute approximate surface area is 156 Å². The SMILES string of the molecule is C=CCn1c(COc2cccc(C)c2)nnc1Sc1ncccc1C#N. The maximum absolute atomic E-state index is 9.22. The normalized spacial score (nSPS) is 10.3. The molecular weight excluding hydrogens is 346 g/mol. The van der Waals surface area contributed by atoms with Crippen LogP contribution in [0.1, 0.15) is 17.0 Å². The molecule has 2 heterocycles. The minimum absolute atomic E-state index is 0.290. The van der Waals surface area contributed by atoms with Gasteiger partial charge in [0.1, 0.15) is 23.5 Å². The van der Waals surface area contributed by atoms with Crippen LogP contribution in [0.5, 0.6) is 5.75 Å². The number of aryl methyl sites for hydroxylation is 1. The molecule has 0 amide bonds. The van der Waals surface area contributed by atoms with Gasteiger partial charge in [0.05, 0.1) is 5.56 Å². The third-order valence-electron chi connectivity index (χ3n) is 3.54. The second-order valence-electron chi connectivity index (χ2n) is 5.47. The molecule has 0 aliphatic heterocycles. The number of aromatic nitrogens is 4. The molecule has 26 heavy (non-hydrogen) atoms. The molecule has 0 bridgehead atoms. The third kappa shape index (κ3) is 4.10. The van der Waals surface area contributed by atoms with E-state index in [9.17, 15) is 5.26 Å². The average molecular weight is 363 g/mol. The predicted molar refractivity (Wildman–Crippen MR) is 98.8 cm³/mol. The van der Waals surface area contributed by atoms with Crippen LogP contribution in [0.4, 0.5) is 0 Å². The number of benzene rings is 1. The Kier molecular flexibility index (Phi) is 5.66. The number of allylic oxidation sites excluding steroid dienone is 1. The first-order valence-electron chi connectivity index (χ1n) is 7.96. The van der Waals surface area contributed by atoms with E-state index in [2.05, 4.69) is 27.8 Å². The van der Waals surface area contributed by atoms with Crippen molar-refractivity contribution in [3.63, 3.8) is 0 Å². The van der Waals surface area contributed by atoms with Gasteiger partial charge in [0.25, 0.3) is 0 Å². The lowest BCUT2D eigenvalue weighted by Gasteiger charge is -2.09. The van der Waals surface area contributed by atoms with Crippen LogP contribution in [-0.2, 0) is 13.2 Å². The Morgan fingerprint density at radius 1 is 1.31 bits per heavy atom. The Balaban J connectivity index is 1.82. The van der Waals surface area contributed by atoms with E-state index in [1.165, 1.54) is 11.8 Å². The zero-order valence-corrected chi connectivity index (χ0v) is 15.1. The summed E-state index contributed by atoms with van der Waals surface area (Å²) in [6, 6.07) is 13.4. The number of pyridine rings is 1. The quantitative estimate of drug-likeness (QED) is 0.595. The van der Waals surface area contributed by atoms with Crippen molar-refractivity contribution in [2.45, 2.75) is 30.3 Å². The molecule has 7 heteroatoms. The second kappa shape index (κ2) is 8.32. The van der Waals surface area contributed by atoms with Gasteiger partial charge in [-0.3, -0.25) is 4.57 Å². The fourth-order valence-corrected chi connectivity index (χ4v) is 3.19. The monoisotopic (exact) mass is 363 g/mol. The first-order chi connectivity index (χ1) is 12.7. The minimum atomic E-state index is 0.290. The number of hydrogen-bond donors (Lipinski definition) is 0. The lowest BCUT2D eigenvalue weighted by molar-refractivity contribution is 0.289. The number of ether oxygens (including phenoxy) is 1. The van der Waals surface area contributed by atoms with Gasteiger partial charge in [-0.15, -0.1) is 16.8 Å². The van der Waals surface area contributed by atoms with Crippen LogP contribution in [0.15, 0.2) is 65.4 Å². The highest BCUT2D eigenvalue weighted by atomic mass is 32.2. The second-order valence-corrected chi connectivity index (χ2v) is 6.43. The molecular formula is C19H17N5OS. The van der Waals surface area contributed by atoms with Crippen LogP contribution < -0.4 is 4.74 Å². The fraction of sp³-hybridized carbons (Fsp3) is 0.158. The van der Waals surface area contributed by atoms with Gasteiger partial charge in [0, 0.05) is 12.7 Å². The molecule has 0 aliphatic carbocycles. The van der Waals surface area contributed by atoms with Crippen molar-refractivity contribution >= 4 is 11.8 Å². The molecule has 2 aromatic heterocycles. The van der Waals surface area contributed by atoms with E-state index < -0.39 is 0 Å². The van der Waals surface area contributed by atoms with Gasteiger partial charge in [-0.05, 0) is 48.5 Å². The minimum Gasteiger partial charge on any atom is -0.486 e. The van der Waals surface area contributed by atoms with E-state index in [1.807, 2.05) is 35.8 Å². The summed E-state index contributed by atoms with van der Waals surface area (Å²) in [6.07, 6.45) is 3.42. The molecule has 0 radical (unpaired) electrons. The van der Waals surface area contributed by atoms with Gasteiger partial charge in [-0.1, -0.05) is 18.2 Å². The zero-order chi connectivity index (χ0) is 18.4. The summed E-state index contributed by atoms with van der Waals surface area (Å²) in [5.41, 5.74) is 1.63. The summed E-state index contributed by atoms with van der Waals surface area (Å²) < 4.78 is 7.74.